The second kappa shape index (κ2) is 12.0. The summed E-state index contributed by atoms with van der Waals surface area (Å²) < 4.78 is 30.6. The number of rotatable bonds is 9. The molecule has 1 saturated carbocycles. The largest absolute Gasteiger partial charge is 0.755 e. The van der Waals surface area contributed by atoms with E-state index in [0.717, 1.165) is 44.8 Å². The zero-order valence-electron chi connectivity index (χ0n) is 22.7. The van der Waals surface area contributed by atoms with Crippen molar-refractivity contribution < 1.29 is 27.9 Å². The zero-order chi connectivity index (χ0) is 29.1. The topological polar surface area (TPSA) is 123 Å². The predicted molar refractivity (Wildman–Crippen MR) is 158 cm³/mol. The number of aryl methyl sites for hydroxylation is 1. The van der Waals surface area contributed by atoms with E-state index in [2.05, 4.69) is 17.2 Å². The molecule has 2 atom stereocenters. The Hall–Kier alpha value is -4.39. The van der Waals surface area contributed by atoms with E-state index >= 15 is 0 Å². The third-order valence-electron chi connectivity index (χ3n) is 6.96. The fourth-order valence-corrected chi connectivity index (χ4v) is 5.35. The van der Waals surface area contributed by atoms with Gasteiger partial charge in [-0.15, -0.1) is 0 Å². The lowest BCUT2D eigenvalue weighted by Crippen LogP contribution is -2.31. The second-order valence-electron chi connectivity index (χ2n) is 10.3. The van der Waals surface area contributed by atoms with Crippen LogP contribution in [0.1, 0.15) is 47.9 Å². The van der Waals surface area contributed by atoms with Gasteiger partial charge in [0.1, 0.15) is 5.58 Å². The number of nitrogens with one attached hydrogen (secondary N) is 1. The van der Waals surface area contributed by atoms with Gasteiger partial charge in [0.2, 0.25) is 0 Å². The van der Waals surface area contributed by atoms with Gasteiger partial charge >= 0.3 is 5.97 Å². The average molecular weight is 570 g/mol. The molecule has 0 aliphatic heterocycles. The first kappa shape index (κ1) is 28.1. The molecular weight excluding hydrogens is 540 g/mol. The van der Waals surface area contributed by atoms with Gasteiger partial charge in [0.25, 0.3) is 5.91 Å². The molecule has 5 rings (SSSR count). The van der Waals surface area contributed by atoms with Crippen molar-refractivity contribution in [3.63, 3.8) is 0 Å². The van der Waals surface area contributed by atoms with Crippen molar-refractivity contribution >= 4 is 45.5 Å². The number of carbonyl (C=O) groups is 2. The average Bonchev–Trinajstić information content (AvgIpc) is 3.71. The number of furan rings is 1. The number of hydrogen-bond acceptors (Lipinski definition) is 5. The fraction of sp³-hybridized carbons (Fsp3) is 0.250. The minimum atomic E-state index is -2.54. The molecule has 210 valence electrons. The van der Waals surface area contributed by atoms with Crippen LogP contribution in [0, 0.1) is 30.6 Å². The summed E-state index contributed by atoms with van der Waals surface area (Å²) in [6.45, 7) is 3.63. The van der Waals surface area contributed by atoms with Crippen molar-refractivity contribution in [1.29, 1.82) is 0 Å². The fourth-order valence-electron chi connectivity index (χ4n) is 4.68. The van der Waals surface area contributed by atoms with Crippen LogP contribution in [-0.4, -0.2) is 32.3 Å². The lowest BCUT2D eigenvalue weighted by molar-refractivity contribution is -0.137. The van der Waals surface area contributed by atoms with Crippen LogP contribution in [0.5, 0.6) is 0 Å². The van der Waals surface area contributed by atoms with E-state index < -0.39 is 17.2 Å². The molecule has 41 heavy (non-hydrogen) atoms. The van der Waals surface area contributed by atoms with E-state index in [9.17, 15) is 18.4 Å². The van der Waals surface area contributed by atoms with Gasteiger partial charge in [0, 0.05) is 58.0 Å². The normalized spacial score (nSPS) is 14.1. The third kappa shape index (κ3) is 6.68. The number of anilines is 2. The van der Waals surface area contributed by atoms with E-state index in [1.807, 2.05) is 37.3 Å². The molecule has 8 nitrogen and oxygen atoms in total. The molecule has 0 saturated heterocycles. The van der Waals surface area contributed by atoms with Crippen LogP contribution in [0.15, 0.2) is 71.1 Å². The Morgan fingerprint density at radius 1 is 1.10 bits per heavy atom. The summed E-state index contributed by atoms with van der Waals surface area (Å²) in [6.07, 6.45) is 2.16. The van der Waals surface area contributed by atoms with Gasteiger partial charge in [-0.1, -0.05) is 49.1 Å². The van der Waals surface area contributed by atoms with Crippen molar-refractivity contribution in [2.75, 3.05) is 16.2 Å². The third-order valence-corrected chi connectivity index (χ3v) is 7.68. The number of carbonyl (C=O) groups excluding carboxylic acids is 1. The number of fused-ring (bicyclic) bond motifs is 1. The quantitative estimate of drug-likeness (QED) is 0.185. The molecule has 3 aromatic carbocycles. The Morgan fingerprint density at radius 3 is 2.37 bits per heavy atom. The lowest BCUT2D eigenvalue weighted by atomic mass is 10.0. The number of aliphatic carboxylic acids is 1. The summed E-state index contributed by atoms with van der Waals surface area (Å²) in [6, 6.07) is 19.9. The molecule has 2 N–H and O–H groups in total. The SMILES string of the molecule is Cc1c(C(=O)Nc2ccc(-c3ccc(N(CC(C)CC(=O)O)S(=O)[O-])cc3)cc2)oc2cccc(C#CC3CC3)c12. The number of nitrogens with zero attached hydrogens (tertiary/aromatic N) is 1. The van der Waals surface area contributed by atoms with Gasteiger partial charge in [-0.2, -0.15) is 0 Å². The first-order valence-electron chi connectivity index (χ1n) is 13.3. The maximum Gasteiger partial charge on any atom is 0.303 e. The molecule has 2 unspecified atom stereocenters. The van der Waals surface area contributed by atoms with Crippen LogP contribution in [0.2, 0.25) is 0 Å². The Kier molecular flexibility index (Phi) is 8.24. The summed E-state index contributed by atoms with van der Waals surface area (Å²) in [7, 11) is 0. The molecule has 1 fully saturated rings. The Morgan fingerprint density at radius 2 is 1.76 bits per heavy atom. The van der Waals surface area contributed by atoms with Crippen LogP contribution in [0.25, 0.3) is 22.1 Å². The van der Waals surface area contributed by atoms with Gasteiger partial charge in [-0.25, -0.2) is 0 Å². The number of benzene rings is 3. The molecule has 0 radical (unpaired) electrons. The van der Waals surface area contributed by atoms with Crippen molar-refractivity contribution in [3.05, 3.63) is 83.6 Å². The number of hydrogen-bond donors (Lipinski definition) is 2. The Labute approximate surface area is 240 Å². The molecule has 9 heteroatoms. The molecule has 1 heterocycles. The highest BCUT2D eigenvalue weighted by Crippen LogP contribution is 2.31. The van der Waals surface area contributed by atoms with Gasteiger partial charge < -0.3 is 23.7 Å². The van der Waals surface area contributed by atoms with E-state index in [4.69, 9.17) is 9.52 Å². The summed E-state index contributed by atoms with van der Waals surface area (Å²) >= 11 is -2.54. The van der Waals surface area contributed by atoms with Crippen molar-refractivity contribution in [3.8, 4) is 23.0 Å². The van der Waals surface area contributed by atoms with Crippen LogP contribution in [-0.2, 0) is 16.1 Å². The summed E-state index contributed by atoms with van der Waals surface area (Å²) in [5.74, 6) is 5.57. The molecule has 1 amide bonds. The van der Waals surface area contributed by atoms with E-state index in [1.165, 1.54) is 0 Å². The maximum atomic E-state index is 13.1. The first-order chi connectivity index (χ1) is 19.7. The minimum absolute atomic E-state index is 0.0655. The molecule has 4 aromatic rings. The van der Waals surface area contributed by atoms with Gasteiger partial charge in [0.15, 0.2) is 5.76 Å². The maximum absolute atomic E-state index is 13.1. The number of amides is 1. The standard InChI is InChI=1S/C32H30N2O6S/c1-20(18-29(35)36)19-34(41(38)39)27-16-12-24(13-17-27)23-10-14-26(15-11-23)33-32(37)31-21(2)30-25(9-8-22-6-7-22)4-3-5-28(30)40-31/h3-5,10-17,20,22H,6-7,18-19H2,1-2H3,(H,33,37)(H,35,36)(H,38,39)/p-1. The predicted octanol–water partition coefficient (Wildman–Crippen LogP) is 6.13. The summed E-state index contributed by atoms with van der Waals surface area (Å²) in [5.41, 5.74) is 5.03. The highest BCUT2D eigenvalue weighted by Gasteiger charge is 2.21. The van der Waals surface area contributed by atoms with Crippen LogP contribution in [0.4, 0.5) is 11.4 Å². The van der Waals surface area contributed by atoms with Gasteiger partial charge in [-0.05, 0) is 73.2 Å². The zero-order valence-corrected chi connectivity index (χ0v) is 23.5. The van der Waals surface area contributed by atoms with Gasteiger partial charge in [0.05, 0.1) is 0 Å². The lowest BCUT2D eigenvalue weighted by Gasteiger charge is -2.29. The van der Waals surface area contributed by atoms with Gasteiger partial charge in [-0.3, -0.25) is 13.8 Å². The highest BCUT2D eigenvalue weighted by atomic mass is 32.2. The smallest absolute Gasteiger partial charge is 0.303 e. The van der Waals surface area contributed by atoms with Crippen molar-refractivity contribution in [1.82, 2.24) is 0 Å². The Bertz CT molecular complexity index is 1680. The van der Waals surface area contributed by atoms with E-state index in [0.29, 0.717) is 22.9 Å². The molecule has 0 spiro atoms. The van der Waals surface area contributed by atoms with Crippen molar-refractivity contribution in [2.45, 2.75) is 33.1 Å². The summed E-state index contributed by atoms with van der Waals surface area (Å²) in [5, 5.41) is 12.7. The van der Waals surface area contributed by atoms with E-state index in [-0.39, 0.29) is 30.6 Å². The van der Waals surface area contributed by atoms with E-state index in [1.54, 1.807) is 43.3 Å². The molecule has 1 aliphatic rings. The van der Waals surface area contributed by atoms with Crippen LogP contribution >= 0.6 is 0 Å². The van der Waals surface area contributed by atoms with Crippen molar-refractivity contribution in [2.24, 2.45) is 11.8 Å². The molecule has 0 bridgehead atoms. The minimum Gasteiger partial charge on any atom is -0.755 e. The summed E-state index contributed by atoms with van der Waals surface area (Å²) in [4.78, 5) is 24.1. The number of carboxylic acids is 1. The highest BCUT2D eigenvalue weighted by molar-refractivity contribution is 7.80. The number of carboxylic acid groups (broad SMARTS) is 1. The molecule has 1 aromatic heterocycles. The second-order valence-corrected chi connectivity index (χ2v) is 11.2. The van der Waals surface area contributed by atoms with Crippen LogP contribution in [0.3, 0.4) is 0 Å². The monoisotopic (exact) mass is 569 g/mol. The molecule has 1 aliphatic carbocycles. The Balaban J connectivity index is 1.28. The van der Waals surface area contributed by atoms with Crippen LogP contribution < -0.4 is 9.62 Å². The first-order valence-corrected chi connectivity index (χ1v) is 14.4. The molecular formula is C32H29N2O6S-.